The summed E-state index contributed by atoms with van der Waals surface area (Å²) in [7, 11) is 1.57. The molecule has 2 aromatic rings. The van der Waals surface area contributed by atoms with Crippen molar-refractivity contribution >= 4 is 12.0 Å². The first-order valence-corrected chi connectivity index (χ1v) is 5.57. The predicted molar refractivity (Wildman–Crippen MR) is 69.3 cm³/mol. The van der Waals surface area contributed by atoms with Crippen LogP contribution in [0.4, 0.5) is 0 Å². The second kappa shape index (κ2) is 5.34. The van der Waals surface area contributed by atoms with Gasteiger partial charge in [-0.15, -0.1) is 0 Å². The van der Waals surface area contributed by atoms with E-state index in [-0.39, 0.29) is 0 Å². The van der Waals surface area contributed by atoms with E-state index in [4.69, 9.17) is 9.84 Å². The number of aryl methyl sites for hydroxylation is 1. The number of hydrogen-bond donors (Lipinski definition) is 1. The molecular formula is C13H13N3O3. The van der Waals surface area contributed by atoms with E-state index in [1.807, 2.05) is 13.0 Å². The van der Waals surface area contributed by atoms with Crippen LogP contribution in [-0.2, 0) is 4.79 Å². The molecule has 2 heterocycles. The summed E-state index contributed by atoms with van der Waals surface area (Å²) in [6, 6.07) is 1.84. The maximum Gasteiger partial charge on any atom is 0.328 e. The van der Waals surface area contributed by atoms with Gasteiger partial charge in [0.1, 0.15) is 0 Å². The molecule has 0 saturated carbocycles. The van der Waals surface area contributed by atoms with Gasteiger partial charge in [0.2, 0.25) is 0 Å². The molecule has 0 spiro atoms. The number of aromatic nitrogens is 3. The standard InChI is InChI=1S/C13H13N3O3/c1-9-5-10(3-4-12(17)18)6-14-13(9)16-8-11(19-2)7-15-16/h3-8H,1-2H3,(H,17,18)/b4-3+. The van der Waals surface area contributed by atoms with Gasteiger partial charge in [0.15, 0.2) is 11.6 Å². The summed E-state index contributed by atoms with van der Waals surface area (Å²) in [4.78, 5) is 14.7. The van der Waals surface area contributed by atoms with Gasteiger partial charge in [-0.2, -0.15) is 5.10 Å². The molecule has 0 aliphatic carbocycles. The van der Waals surface area contributed by atoms with E-state index < -0.39 is 5.97 Å². The minimum Gasteiger partial charge on any atom is -0.493 e. The van der Waals surface area contributed by atoms with Crippen molar-refractivity contribution in [1.29, 1.82) is 0 Å². The van der Waals surface area contributed by atoms with Gasteiger partial charge in [0.05, 0.1) is 19.5 Å². The van der Waals surface area contributed by atoms with Crippen LogP contribution >= 0.6 is 0 Å². The van der Waals surface area contributed by atoms with Crippen LogP contribution in [0.3, 0.4) is 0 Å². The number of pyridine rings is 1. The fourth-order valence-electron chi connectivity index (χ4n) is 1.62. The van der Waals surface area contributed by atoms with E-state index in [1.165, 1.54) is 6.08 Å². The Balaban J connectivity index is 2.31. The SMILES string of the molecule is COc1cnn(-c2ncc(/C=C/C(=O)O)cc2C)c1. The molecule has 1 N–H and O–H groups in total. The van der Waals surface area contributed by atoms with Gasteiger partial charge >= 0.3 is 5.97 Å². The number of ether oxygens (including phenoxy) is 1. The molecule has 0 unspecified atom stereocenters. The van der Waals surface area contributed by atoms with E-state index in [0.717, 1.165) is 17.2 Å². The monoisotopic (exact) mass is 259 g/mol. The fraction of sp³-hybridized carbons (Fsp3) is 0.154. The fourth-order valence-corrected chi connectivity index (χ4v) is 1.62. The zero-order valence-electron chi connectivity index (χ0n) is 10.6. The molecular weight excluding hydrogens is 246 g/mol. The van der Waals surface area contributed by atoms with Gasteiger partial charge in [0.25, 0.3) is 0 Å². The van der Waals surface area contributed by atoms with Crippen LogP contribution in [0.25, 0.3) is 11.9 Å². The highest BCUT2D eigenvalue weighted by molar-refractivity contribution is 5.85. The van der Waals surface area contributed by atoms with Gasteiger partial charge in [-0.05, 0) is 30.2 Å². The highest BCUT2D eigenvalue weighted by Crippen LogP contribution is 2.16. The Labute approximate surface area is 110 Å². The molecule has 0 aliphatic rings. The summed E-state index contributed by atoms with van der Waals surface area (Å²) in [5.41, 5.74) is 1.61. The third kappa shape index (κ3) is 2.98. The number of hydrogen-bond acceptors (Lipinski definition) is 4. The first-order valence-electron chi connectivity index (χ1n) is 5.57. The molecule has 6 heteroatoms. The minimum atomic E-state index is -0.987. The molecule has 0 bridgehead atoms. The van der Waals surface area contributed by atoms with E-state index in [9.17, 15) is 4.79 Å². The average molecular weight is 259 g/mol. The number of carboxylic acids is 1. The summed E-state index contributed by atoms with van der Waals surface area (Å²) in [5, 5.41) is 12.7. The van der Waals surface area contributed by atoms with Crippen LogP contribution in [0.5, 0.6) is 5.75 Å². The molecule has 0 fully saturated rings. The van der Waals surface area contributed by atoms with E-state index >= 15 is 0 Å². The first kappa shape index (κ1) is 12.8. The quantitative estimate of drug-likeness (QED) is 0.845. The molecule has 19 heavy (non-hydrogen) atoms. The molecule has 6 nitrogen and oxygen atoms in total. The van der Waals surface area contributed by atoms with Gasteiger partial charge in [0, 0.05) is 12.3 Å². The summed E-state index contributed by atoms with van der Waals surface area (Å²) >= 11 is 0. The summed E-state index contributed by atoms with van der Waals surface area (Å²) in [6.45, 7) is 1.88. The molecule has 0 aliphatic heterocycles. The van der Waals surface area contributed by atoms with Gasteiger partial charge in [-0.3, -0.25) is 0 Å². The number of carbonyl (C=O) groups is 1. The number of methoxy groups -OCH3 is 1. The van der Waals surface area contributed by atoms with Crippen molar-refractivity contribution in [3.05, 3.63) is 41.9 Å². The summed E-state index contributed by atoms with van der Waals surface area (Å²) in [5.74, 6) is 0.338. The first-order chi connectivity index (χ1) is 9.10. The molecule has 0 saturated heterocycles. The number of carboxylic acid groups (broad SMARTS) is 1. The van der Waals surface area contributed by atoms with E-state index in [1.54, 1.807) is 30.4 Å². The maximum absolute atomic E-state index is 10.4. The summed E-state index contributed by atoms with van der Waals surface area (Å²) in [6.07, 6.45) is 7.49. The molecule has 2 aromatic heterocycles. The van der Waals surface area contributed by atoms with Crippen LogP contribution in [0.1, 0.15) is 11.1 Å². The lowest BCUT2D eigenvalue weighted by Crippen LogP contribution is -2.01. The lowest BCUT2D eigenvalue weighted by molar-refractivity contribution is -0.131. The smallest absolute Gasteiger partial charge is 0.328 e. The Hall–Kier alpha value is -2.63. The topological polar surface area (TPSA) is 77.2 Å². The molecule has 0 radical (unpaired) electrons. The van der Waals surface area contributed by atoms with Crippen molar-refractivity contribution in [2.45, 2.75) is 6.92 Å². The lowest BCUT2D eigenvalue weighted by atomic mass is 10.2. The van der Waals surface area contributed by atoms with Crippen molar-refractivity contribution in [1.82, 2.24) is 14.8 Å². The van der Waals surface area contributed by atoms with Crippen molar-refractivity contribution in [2.24, 2.45) is 0 Å². The Kier molecular flexibility index (Phi) is 3.61. The summed E-state index contributed by atoms with van der Waals surface area (Å²) < 4.78 is 6.67. The van der Waals surface area contributed by atoms with Crippen LogP contribution in [0.2, 0.25) is 0 Å². The molecule has 0 atom stereocenters. The van der Waals surface area contributed by atoms with Gasteiger partial charge in [-0.25, -0.2) is 14.5 Å². The highest BCUT2D eigenvalue weighted by Gasteiger charge is 2.06. The number of rotatable bonds is 4. The van der Waals surface area contributed by atoms with Crippen LogP contribution in [0.15, 0.2) is 30.7 Å². The lowest BCUT2D eigenvalue weighted by Gasteiger charge is -2.05. The number of nitrogens with zero attached hydrogens (tertiary/aromatic N) is 3. The zero-order chi connectivity index (χ0) is 13.8. The molecule has 2 rings (SSSR count). The average Bonchev–Trinajstić information content (AvgIpc) is 2.85. The maximum atomic E-state index is 10.4. The number of aliphatic carboxylic acids is 1. The molecule has 0 amide bonds. The van der Waals surface area contributed by atoms with Crippen LogP contribution < -0.4 is 4.74 Å². The van der Waals surface area contributed by atoms with Crippen molar-refractivity contribution in [3.63, 3.8) is 0 Å². The highest BCUT2D eigenvalue weighted by atomic mass is 16.5. The van der Waals surface area contributed by atoms with E-state index in [0.29, 0.717) is 11.6 Å². The third-order valence-electron chi connectivity index (χ3n) is 2.50. The zero-order valence-corrected chi connectivity index (χ0v) is 10.6. The van der Waals surface area contributed by atoms with Crippen molar-refractivity contribution in [3.8, 4) is 11.6 Å². The van der Waals surface area contributed by atoms with Crippen molar-refractivity contribution < 1.29 is 14.6 Å². The normalized spacial score (nSPS) is 10.8. The van der Waals surface area contributed by atoms with Crippen LogP contribution in [0, 0.1) is 6.92 Å². The second-order valence-electron chi connectivity index (χ2n) is 3.91. The van der Waals surface area contributed by atoms with Gasteiger partial charge in [-0.1, -0.05) is 0 Å². The predicted octanol–water partition coefficient (Wildman–Crippen LogP) is 1.68. The Bertz CT molecular complexity index is 632. The molecule has 0 aromatic carbocycles. The van der Waals surface area contributed by atoms with Crippen LogP contribution in [-0.4, -0.2) is 33.0 Å². The largest absolute Gasteiger partial charge is 0.493 e. The van der Waals surface area contributed by atoms with Crippen molar-refractivity contribution in [2.75, 3.05) is 7.11 Å². The Morgan fingerprint density at radius 3 is 2.84 bits per heavy atom. The minimum absolute atomic E-state index is 0.649. The Morgan fingerprint density at radius 2 is 2.26 bits per heavy atom. The Morgan fingerprint density at radius 1 is 1.47 bits per heavy atom. The van der Waals surface area contributed by atoms with Gasteiger partial charge < -0.3 is 9.84 Å². The molecule has 98 valence electrons. The van der Waals surface area contributed by atoms with E-state index in [2.05, 4.69) is 10.1 Å². The second-order valence-corrected chi connectivity index (χ2v) is 3.91. The third-order valence-corrected chi connectivity index (χ3v) is 2.50.